The van der Waals surface area contributed by atoms with Gasteiger partial charge in [-0.15, -0.1) is 11.3 Å². The van der Waals surface area contributed by atoms with Crippen LogP contribution in [-0.4, -0.2) is 27.0 Å². The van der Waals surface area contributed by atoms with Crippen LogP contribution >= 0.6 is 11.3 Å². The lowest BCUT2D eigenvalue weighted by atomic mass is 9.89. The van der Waals surface area contributed by atoms with Crippen LogP contribution in [0.25, 0.3) is 32.5 Å². The lowest BCUT2D eigenvalue weighted by Gasteiger charge is -2.15. The first kappa shape index (κ1) is 17.4. The molecule has 0 unspecified atom stereocenters. The summed E-state index contributed by atoms with van der Waals surface area (Å²) < 4.78 is 10.9. The molecule has 0 amide bonds. The third-order valence-electron chi connectivity index (χ3n) is 4.46. The molecule has 0 atom stereocenters. The summed E-state index contributed by atoms with van der Waals surface area (Å²) in [6.07, 6.45) is 0. The van der Waals surface area contributed by atoms with Crippen molar-refractivity contribution in [1.82, 2.24) is 4.98 Å². The average molecular weight is 373 g/mol. The van der Waals surface area contributed by atoms with Gasteiger partial charge in [-0.25, -0.2) is 0 Å². The van der Waals surface area contributed by atoms with E-state index in [2.05, 4.69) is 4.98 Å². The summed E-state index contributed by atoms with van der Waals surface area (Å²) in [6, 6.07) is 15.1. The van der Waals surface area contributed by atoms with Crippen LogP contribution in [-0.2, 0) is 0 Å². The fraction of sp³-hybridized carbons (Fsp3) is 0.0952. The highest BCUT2D eigenvalue weighted by Crippen LogP contribution is 2.40. The molecule has 2 radical (unpaired) electrons. The highest BCUT2D eigenvalue weighted by Gasteiger charge is 2.19. The number of aromatic amines is 1. The normalized spacial score (nSPS) is 10.9. The van der Waals surface area contributed by atoms with Crippen LogP contribution in [0.15, 0.2) is 58.7 Å². The molecule has 4 nitrogen and oxygen atoms in total. The van der Waals surface area contributed by atoms with Crippen LogP contribution < -0.4 is 20.5 Å². The van der Waals surface area contributed by atoms with Crippen molar-refractivity contribution in [2.24, 2.45) is 0 Å². The first-order valence-corrected chi connectivity index (χ1v) is 9.22. The summed E-state index contributed by atoms with van der Waals surface area (Å²) in [5, 5.41) is 2.82. The van der Waals surface area contributed by atoms with Crippen molar-refractivity contribution < 1.29 is 9.47 Å². The molecule has 2 aromatic heterocycles. The number of pyridine rings is 1. The SMILES string of the molecule is [B]c1cccc(-c2c(-c3cccs3)c(=O)[nH]c3cc(OC)c(OC)cc23)c1. The van der Waals surface area contributed by atoms with Gasteiger partial charge in [0, 0.05) is 21.9 Å². The minimum absolute atomic E-state index is 0.158. The molecule has 4 rings (SSSR count). The Kier molecular flexibility index (Phi) is 4.50. The summed E-state index contributed by atoms with van der Waals surface area (Å²) in [5.41, 5.74) is 3.48. The number of aromatic nitrogens is 1. The lowest BCUT2D eigenvalue weighted by Crippen LogP contribution is -2.11. The summed E-state index contributed by atoms with van der Waals surface area (Å²) in [7, 11) is 9.18. The van der Waals surface area contributed by atoms with Crippen molar-refractivity contribution in [3.05, 3.63) is 64.3 Å². The van der Waals surface area contributed by atoms with Crippen LogP contribution in [0.4, 0.5) is 0 Å². The van der Waals surface area contributed by atoms with Gasteiger partial charge < -0.3 is 14.5 Å². The van der Waals surface area contributed by atoms with E-state index in [1.54, 1.807) is 20.3 Å². The Morgan fingerprint density at radius 3 is 2.41 bits per heavy atom. The second kappa shape index (κ2) is 6.97. The summed E-state index contributed by atoms with van der Waals surface area (Å²) in [5.74, 6) is 1.15. The number of nitrogens with one attached hydrogen (secondary N) is 1. The number of methoxy groups -OCH3 is 2. The van der Waals surface area contributed by atoms with E-state index in [-0.39, 0.29) is 5.56 Å². The van der Waals surface area contributed by atoms with Crippen molar-refractivity contribution in [3.63, 3.8) is 0 Å². The first-order valence-electron chi connectivity index (χ1n) is 8.34. The zero-order valence-corrected chi connectivity index (χ0v) is 15.7. The molecule has 0 aliphatic carbocycles. The van der Waals surface area contributed by atoms with Crippen molar-refractivity contribution in [1.29, 1.82) is 0 Å². The van der Waals surface area contributed by atoms with E-state index in [4.69, 9.17) is 17.3 Å². The molecule has 2 aromatic carbocycles. The van der Waals surface area contributed by atoms with Gasteiger partial charge in [0.25, 0.3) is 5.56 Å². The number of hydrogen-bond donors (Lipinski definition) is 1. The van der Waals surface area contributed by atoms with E-state index in [0.29, 0.717) is 28.0 Å². The molecule has 0 bridgehead atoms. The third-order valence-corrected chi connectivity index (χ3v) is 5.35. The van der Waals surface area contributed by atoms with Gasteiger partial charge in [0.15, 0.2) is 11.5 Å². The molecule has 1 N–H and O–H groups in total. The molecule has 0 aliphatic rings. The Labute approximate surface area is 161 Å². The molecule has 27 heavy (non-hydrogen) atoms. The number of rotatable bonds is 4. The average Bonchev–Trinajstić information content (AvgIpc) is 3.20. The fourth-order valence-electron chi connectivity index (χ4n) is 3.27. The molecule has 0 spiro atoms. The summed E-state index contributed by atoms with van der Waals surface area (Å²) in [4.78, 5) is 16.9. The zero-order chi connectivity index (χ0) is 19.0. The second-order valence-electron chi connectivity index (χ2n) is 6.06. The van der Waals surface area contributed by atoms with Crippen LogP contribution in [0.2, 0.25) is 0 Å². The predicted molar refractivity (Wildman–Crippen MR) is 112 cm³/mol. The minimum Gasteiger partial charge on any atom is -0.493 e. The Hall–Kier alpha value is -2.99. The second-order valence-corrected chi connectivity index (χ2v) is 7.01. The monoisotopic (exact) mass is 373 g/mol. The topological polar surface area (TPSA) is 51.3 Å². The number of ether oxygens (including phenoxy) is 2. The van der Waals surface area contributed by atoms with Crippen LogP contribution in [0.3, 0.4) is 0 Å². The van der Waals surface area contributed by atoms with Gasteiger partial charge in [0.1, 0.15) is 7.85 Å². The maximum Gasteiger partial charge on any atom is 0.257 e. The first-order chi connectivity index (χ1) is 13.1. The Bertz CT molecular complexity index is 1180. The molecule has 0 saturated heterocycles. The van der Waals surface area contributed by atoms with E-state index in [1.807, 2.05) is 47.8 Å². The van der Waals surface area contributed by atoms with E-state index >= 15 is 0 Å². The van der Waals surface area contributed by atoms with Gasteiger partial charge in [0.2, 0.25) is 0 Å². The quantitative estimate of drug-likeness (QED) is 0.555. The molecule has 6 heteroatoms. The van der Waals surface area contributed by atoms with Crippen LogP contribution in [0.5, 0.6) is 11.5 Å². The molecule has 4 aromatic rings. The van der Waals surface area contributed by atoms with E-state index in [9.17, 15) is 4.79 Å². The maximum absolute atomic E-state index is 13.0. The van der Waals surface area contributed by atoms with E-state index in [1.165, 1.54) is 11.3 Å². The Morgan fingerprint density at radius 1 is 0.963 bits per heavy atom. The highest BCUT2D eigenvalue weighted by atomic mass is 32.1. The van der Waals surface area contributed by atoms with Gasteiger partial charge in [-0.2, -0.15) is 0 Å². The van der Waals surface area contributed by atoms with Gasteiger partial charge in [-0.05, 0) is 23.1 Å². The lowest BCUT2D eigenvalue weighted by molar-refractivity contribution is 0.356. The standard InChI is InChI=1S/C21H16BNO3S/c1-25-16-10-14-15(11-17(16)26-2)23-21(24)20(18-7-4-8-27-18)19(14)12-5-3-6-13(22)9-12/h3-11H,1-2H3,(H,23,24). The fourth-order valence-corrected chi connectivity index (χ4v) is 4.05. The summed E-state index contributed by atoms with van der Waals surface area (Å²) in [6.45, 7) is 0. The van der Waals surface area contributed by atoms with E-state index in [0.717, 1.165) is 21.4 Å². The maximum atomic E-state index is 13.0. The number of hydrogen-bond acceptors (Lipinski definition) is 4. The van der Waals surface area contributed by atoms with Gasteiger partial charge in [0.05, 0.1) is 25.3 Å². The van der Waals surface area contributed by atoms with Crippen LogP contribution in [0.1, 0.15) is 0 Å². The summed E-state index contributed by atoms with van der Waals surface area (Å²) >= 11 is 1.52. The molecule has 0 aliphatic heterocycles. The number of benzene rings is 2. The molecular formula is C21H16BNO3S. The minimum atomic E-state index is -0.158. The molecule has 132 valence electrons. The van der Waals surface area contributed by atoms with Crippen molar-refractivity contribution >= 4 is 35.5 Å². The van der Waals surface area contributed by atoms with Gasteiger partial charge in [-0.1, -0.05) is 35.8 Å². The number of fused-ring (bicyclic) bond motifs is 1. The van der Waals surface area contributed by atoms with Gasteiger partial charge >= 0.3 is 0 Å². The molecular weight excluding hydrogens is 357 g/mol. The third kappa shape index (κ3) is 3.02. The van der Waals surface area contributed by atoms with Gasteiger partial charge in [-0.3, -0.25) is 4.79 Å². The number of H-pyrrole nitrogens is 1. The molecule has 0 fully saturated rings. The Morgan fingerprint density at radius 2 is 1.74 bits per heavy atom. The van der Waals surface area contributed by atoms with Crippen molar-refractivity contribution in [2.45, 2.75) is 0 Å². The smallest absolute Gasteiger partial charge is 0.257 e. The number of thiophene rings is 1. The molecule has 2 heterocycles. The predicted octanol–water partition coefficient (Wildman–Crippen LogP) is 3.73. The van der Waals surface area contributed by atoms with Crippen molar-refractivity contribution in [3.8, 4) is 33.1 Å². The molecule has 0 saturated carbocycles. The van der Waals surface area contributed by atoms with Crippen molar-refractivity contribution in [2.75, 3.05) is 14.2 Å². The van der Waals surface area contributed by atoms with Crippen LogP contribution in [0, 0.1) is 0 Å². The van der Waals surface area contributed by atoms with E-state index < -0.39 is 0 Å². The Balaban J connectivity index is 2.18. The highest BCUT2D eigenvalue weighted by molar-refractivity contribution is 7.13. The largest absolute Gasteiger partial charge is 0.493 e. The zero-order valence-electron chi connectivity index (χ0n) is 14.9.